The van der Waals surface area contributed by atoms with E-state index in [9.17, 15) is 9.18 Å². The number of nitrogens with zero attached hydrogens (tertiary/aromatic N) is 3. The van der Waals surface area contributed by atoms with Crippen molar-refractivity contribution in [1.82, 2.24) is 5.43 Å². The maximum absolute atomic E-state index is 13.0. The third-order valence-electron chi connectivity index (χ3n) is 4.89. The topological polar surface area (TPSA) is 52.4 Å². The van der Waals surface area contributed by atoms with Gasteiger partial charge in [0.15, 0.2) is 6.54 Å². The number of carbonyl (C=O) groups excluding carboxylic acids is 1. The monoisotopic (exact) mass is 384 g/mol. The maximum Gasteiger partial charge on any atom is 0.295 e. The molecule has 0 bridgehead atoms. The number of nitrogens with one attached hydrogen (secondary N) is 2. The summed E-state index contributed by atoms with van der Waals surface area (Å²) >= 11 is 0. The Morgan fingerprint density at radius 1 is 1.14 bits per heavy atom. The lowest BCUT2D eigenvalue weighted by atomic mass is 10.2. The molecule has 7 heteroatoms. The van der Waals surface area contributed by atoms with Crippen LogP contribution in [-0.2, 0) is 4.79 Å². The standard InChI is InChI=1S/C21H26FN5O/c1-25(2)19-7-3-17(4-8-19)15-23-24-21(28)16-26-11-13-27(14-12-26)20-9-5-18(22)6-10-20/h3-10,15H,11-14,16H2,1-2H3,(H,24,28)/p+1/b23-15-. The Hall–Kier alpha value is -2.93. The number of hydrazone groups is 1. The van der Waals surface area contributed by atoms with Crippen molar-refractivity contribution in [3.8, 4) is 0 Å². The highest BCUT2D eigenvalue weighted by molar-refractivity contribution is 5.83. The van der Waals surface area contributed by atoms with Crippen molar-refractivity contribution >= 4 is 23.5 Å². The van der Waals surface area contributed by atoms with Gasteiger partial charge in [-0.1, -0.05) is 12.1 Å². The Labute approximate surface area is 165 Å². The molecular weight excluding hydrogens is 357 g/mol. The van der Waals surface area contributed by atoms with Gasteiger partial charge in [-0.05, 0) is 42.0 Å². The van der Waals surface area contributed by atoms with Crippen molar-refractivity contribution in [3.63, 3.8) is 0 Å². The van der Waals surface area contributed by atoms with Crippen LogP contribution in [0.3, 0.4) is 0 Å². The highest BCUT2D eigenvalue weighted by Gasteiger charge is 2.22. The molecule has 0 aromatic heterocycles. The average Bonchev–Trinajstić information content (AvgIpc) is 2.70. The van der Waals surface area contributed by atoms with Gasteiger partial charge in [0.25, 0.3) is 5.91 Å². The number of carbonyl (C=O) groups is 1. The maximum atomic E-state index is 13.0. The molecule has 6 nitrogen and oxygen atoms in total. The van der Waals surface area contributed by atoms with Crippen LogP contribution in [0.5, 0.6) is 0 Å². The largest absolute Gasteiger partial charge is 0.378 e. The molecule has 2 aromatic carbocycles. The number of hydrogen-bond acceptors (Lipinski definition) is 4. The molecule has 28 heavy (non-hydrogen) atoms. The van der Waals surface area contributed by atoms with Crippen LogP contribution in [0.4, 0.5) is 15.8 Å². The molecule has 2 aromatic rings. The summed E-state index contributed by atoms with van der Waals surface area (Å²) in [6, 6.07) is 14.5. The molecule has 1 aliphatic heterocycles. The summed E-state index contributed by atoms with van der Waals surface area (Å²) in [6.45, 7) is 3.81. The van der Waals surface area contributed by atoms with Crippen LogP contribution >= 0.6 is 0 Å². The van der Waals surface area contributed by atoms with E-state index in [-0.39, 0.29) is 11.7 Å². The normalized spacial score (nSPS) is 15.0. The minimum Gasteiger partial charge on any atom is -0.378 e. The lowest BCUT2D eigenvalue weighted by Crippen LogP contribution is -3.15. The van der Waals surface area contributed by atoms with E-state index in [1.807, 2.05) is 43.3 Å². The molecule has 1 amide bonds. The summed E-state index contributed by atoms with van der Waals surface area (Å²) < 4.78 is 13.0. The zero-order valence-electron chi connectivity index (χ0n) is 16.4. The van der Waals surface area contributed by atoms with Crippen LogP contribution in [0.2, 0.25) is 0 Å². The first-order chi connectivity index (χ1) is 13.5. The molecule has 1 aliphatic rings. The second-order valence-corrected chi connectivity index (χ2v) is 7.17. The van der Waals surface area contributed by atoms with Crippen LogP contribution in [0, 0.1) is 5.82 Å². The molecule has 2 N–H and O–H groups in total. The molecule has 0 unspecified atom stereocenters. The molecule has 1 heterocycles. The third-order valence-corrected chi connectivity index (χ3v) is 4.89. The van der Waals surface area contributed by atoms with Crippen LogP contribution in [0.25, 0.3) is 0 Å². The Morgan fingerprint density at radius 2 is 1.79 bits per heavy atom. The van der Waals surface area contributed by atoms with Gasteiger partial charge >= 0.3 is 0 Å². The van der Waals surface area contributed by atoms with E-state index in [0.717, 1.165) is 43.1 Å². The summed E-state index contributed by atoms with van der Waals surface area (Å²) in [5.41, 5.74) is 5.68. The summed E-state index contributed by atoms with van der Waals surface area (Å²) in [5, 5.41) is 4.05. The van der Waals surface area contributed by atoms with Gasteiger partial charge in [0.05, 0.1) is 32.4 Å². The minimum absolute atomic E-state index is 0.0913. The summed E-state index contributed by atoms with van der Waals surface area (Å²) in [7, 11) is 3.98. The molecule has 0 radical (unpaired) electrons. The van der Waals surface area contributed by atoms with Crippen molar-refractivity contribution in [2.24, 2.45) is 5.10 Å². The molecule has 0 aliphatic carbocycles. The minimum atomic E-state index is -0.223. The number of quaternary nitrogens is 1. The smallest absolute Gasteiger partial charge is 0.295 e. The van der Waals surface area contributed by atoms with E-state index in [1.165, 1.54) is 17.0 Å². The lowest BCUT2D eigenvalue weighted by molar-refractivity contribution is -0.892. The van der Waals surface area contributed by atoms with Gasteiger partial charge in [0, 0.05) is 25.5 Å². The molecular formula is C21H27FN5O+. The Kier molecular flexibility index (Phi) is 6.60. The van der Waals surface area contributed by atoms with Crippen LogP contribution in [0.1, 0.15) is 5.56 Å². The van der Waals surface area contributed by atoms with Gasteiger partial charge in [-0.2, -0.15) is 5.10 Å². The molecule has 1 fully saturated rings. The molecule has 3 rings (SSSR count). The quantitative estimate of drug-likeness (QED) is 0.571. The fourth-order valence-electron chi connectivity index (χ4n) is 3.21. The fourth-order valence-corrected chi connectivity index (χ4v) is 3.21. The van der Waals surface area contributed by atoms with Gasteiger partial charge in [-0.3, -0.25) is 4.79 Å². The predicted octanol–water partition coefficient (Wildman–Crippen LogP) is 0.747. The number of piperazine rings is 1. The van der Waals surface area contributed by atoms with E-state index >= 15 is 0 Å². The van der Waals surface area contributed by atoms with Gasteiger partial charge in [0.2, 0.25) is 0 Å². The van der Waals surface area contributed by atoms with E-state index < -0.39 is 0 Å². The summed E-state index contributed by atoms with van der Waals surface area (Å²) in [6.07, 6.45) is 1.65. The van der Waals surface area contributed by atoms with Gasteiger partial charge in [0.1, 0.15) is 5.82 Å². The molecule has 1 saturated heterocycles. The average molecular weight is 384 g/mol. The number of benzene rings is 2. The number of hydrogen-bond donors (Lipinski definition) is 2. The van der Waals surface area contributed by atoms with Crippen molar-refractivity contribution in [1.29, 1.82) is 0 Å². The van der Waals surface area contributed by atoms with Crippen molar-refractivity contribution < 1.29 is 14.1 Å². The van der Waals surface area contributed by atoms with Crippen molar-refractivity contribution in [2.75, 3.05) is 56.6 Å². The lowest BCUT2D eigenvalue weighted by Gasteiger charge is -2.33. The van der Waals surface area contributed by atoms with E-state index in [2.05, 4.69) is 15.4 Å². The summed E-state index contributed by atoms with van der Waals surface area (Å²) in [4.78, 5) is 17.6. The van der Waals surface area contributed by atoms with E-state index in [4.69, 9.17) is 0 Å². The number of amides is 1. The van der Waals surface area contributed by atoms with Crippen molar-refractivity contribution in [2.45, 2.75) is 0 Å². The zero-order valence-corrected chi connectivity index (χ0v) is 16.4. The van der Waals surface area contributed by atoms with Crippen LogP contribution in [0.15, 0.2) is 53.6 Å². The Morgan fingerprint density at radius 3 is 2.39 bits per heavy atom. The highest BCUT2D eigenvalue weighted by Crippen LogP contribution is 2.14. The highest BCUT2D eigenvalue weighted by atomic mass is 19.1. The SMILES string of the molecule is CN(C)c1ccc(/C=N\NC(=O)C[NH+]2CCN(c3ccc(F)cc3)CC2)cc1. The van der Waals surface area contributed by atoms with E-state index in [1.54, 1.807) is 18.3 Å². The molecule has 0 saturated carbocycles. The zero-order chi connectivity index (χ0) is 19.9. The second-order valence-electron chi connectivity index (χ2n) is 7.17. The number of anilines is 2. The first-order valence-electron chi connectivity index (χ1n) is 9.44. The van der Waals surface area contributed by atoms with Crippen LogP contribution < -0.4 is 20.1 Å². The third kappa shape index (κ3) is 5.53. The first-order valence-corrected chi connectivity index (χ1v) is 9.44. The Bertz CT molecular complexity index is 797. The number of rotatable bonds is 6. The molecule has 148 valence electrons. The molecule has 0 atom stereocenters. The van der Waals surface area contributed by atoms with E-state index in [0.29, 0.717) is 6.54 Å². The van der Waals surface area contributed by atoms with Gasteiger partial charge in [-0.25, -0.2) is 9.82 Å². The second kappa shape index (κ2) is 9.32. The van der Waals surface area contributed by atoms with Crippen molar-refractivity contribution in [3.05, 3.63) is 59.9 Å². The van der Waals surface area contributed by atoms with Gasteiger partial charge < -0.3 is 14.7 Å². The predicted molar refractivity (Wildman–Crippen MR) is 111 cm³/mol. The molecule has 0 spiro atoms. The van der Waals surface area contributed by atoms with Gasteiger partial charge in [-0.15, -0.1) is 0 Å². The fraction of sp³-hybridized carbons (Fsp3) is 0.333. The summed E-state index contributed by atoms with van der Waals surface area (Å²) in [5.74, 6) is -0.315. The first kappa shape index (κ1) is 19.8. The number of halogens is 1. The van der Waals surface area contributed by atoms with Crippen LogP contribution in [-0.4, -0.2) is 58.9 Å². The Balaban J connectivity index is 1.41.